The van der Waals surface area contributed by atoms with Gasteiger partial charge in [-0.3, -0.25) is 9.69 Å². The fraction of sp³-hybridized carbons (Fsp3) is 0.367. The number of thioether (sulfide) groups is 1. The molecule has 0 aliphatic carbocycles. The molecule has 1 atom stereocenters. The molecule has 3 aliphatic rings. The van der Waals surface area contributed by atoms with Crippen LogP contribution in [0.2, 0.25) is 0 Å². The van der Waals surface area contributed by atoms with Gasteiger partial charge in [0.25, 0.3) is 0 Å². The first-order chi connectivity index (χ1) is 19.5. The second-order valence-corrected chi connectivity index (χ2v) is 10.5. The minimum Gasteiger partial charge on any atom is -0.496 e. The number of para-hydroxylation sites is 1. The molecule has 2 aromatic rings. The normalized spacial score (nSPS) is 19.1. The maximum absolute atomic E-state index is 13.6. The summed E-state index contributed by atoms with van der Waals surface area (Å²) in [5.41, 5.74) is 3.46. The molecule has 40 heavy (non-hydrogen) atoms. The van der Waals surface area contributed by atoms with Gasteiger partial charge in [-0.2, -0.15) is 0 Å². The first-order valence-corrected chi connectivity index (χ1v) is 14.3. The molecule has 0 radical (unpaired) electrons. The van der Waals surface area contributed by atoms with Gasteiger partial charge < -0.3 is 24.4 Å². The van der Waals surface area contributed by atoms with Crippen molar-refractivity contribution < 1.29 is 23.8 Å². The number of ether oxygens (including phenoxy) is 3. The average Bonchev–Trinajstić information content (AvgIpc) is 3.37. The van der Waals surface area contributed by atoms with Gasteiger partial charge in [-0.05, 0) is 24.0 Å². The van der Waals surface area contributed by atoms with Crippen LogP contribution < -0.4 is 10.1 Å². The van der Waals surface area contributed by atoms with E-state index in [2.05, 4.69) is 10.2 Å². The molecule has 2 aromatic carbocycles. The van der Waals surface area contributed by atoms with E-state index in [1.807, 2.05) is 71.8 Å². The number of esters is 1. The van der Waals surface area contributed by atoms with Gasteiger partial charge in [-0.25, -0.2) is 9.79 Å². The number of methoxy groups -OCH3 is 1. The lowest BCUT2D eigenvalue weighted by Crippen LogP contribution is -2.42. The molecule has 5 rings (SSSR count). The summed E-state index contributed by atoms with van der Waals surface area (Å²) in [5.74, 6) is 0.104. The van der Waals surface area contributed by atoms with E-state index in [1.165, 1.54) is 11.8 Å². The van der Waals surface area contributed by atoms with Crippen molar-refractivity contribution in [2.24, 2.45) is 4.99 Å². The van der Waals surface area contributed by atoms with Crippen molar-refractivity contribution in [1.29, 1.82) is 0 Å². The number of allylic oxidation sites excluding steroid dienone is 1. The van der Waals surface area contributed by atoms with E-state index in [0.29, 0.717) is 28.7 Å². The highest BCUT2D eigenvalue weighted by atomic mass is 32.2. The van der Waals surface area contributed by atoms with Gasteiger partial charge in [0.15, 0.2) is 5.17 Å². The Hall–Kier alpha value is -3.60. The van der Waals surface area contributed by atoms with Crippen LogP contribution in [-0.2, 0) is 25.7 Å². The molecule has 1 saturated heterocycles. The Bertz CT molecular complexity index is 1320. The lowest BCUT2D eigenvalue weighted by atomic mass is 9.93. The molecule has 9 nitrogen and oxygen atoms in total. The summed E-state index contributed by atoms with van der Waals surface area (Å²) in [5, 5.41) is 5.70. The van der Waals surface area contributed by atoms with Crippen LogP contribution in [0.25, 0.3) is 0 Å². The minimum atomic E-state index is -0.561. The number of carbonyl (C=O) groups excluding carboxylic acids is 2. The highest BCUT2D eigenvalue weighted by Crippen LogP contribution is 2.46. The predicted octanol–water partition coefficient (Wildman–Crippen LogP) is 3.85. The summed E-state index contributed by atoms with van der Waals surface area (Å²) in [7, 11) is 1.61. The quantitative estimate of drug-likeness (QED) is 0.437. The minimum absolute atomic E-state index is 0.0837. The van der Waals surface area contributed by atoms with Crippen molar-refractivity contribution in [1.82, 2.24) is 15.1 Å². The van der Waals surface area contributed by atoms with E-state index in [0.717, 1.165) is 49.7 Å². The molecule has 1 amide bonds. The lowest BCUT2D eigenvalue weighted by molar-refractivity contribution is -0.141. The van der Waals surface area contributed by atoms with E-state index >= 15 is 0 Å². The molecule has 3 heterocycles. The molecule has 0 unspecified atom stereocenters. The largest absolute Gasteiger partial charge is 0.496 e. The fourth-order valence-electron chi connectivity index (χ4n) is 5.02. The number of nitrogens with zero attached hydrogens (tertiary/aromatic N) is 3. The van der Waals surface area contributed by atoms with Crippen molar-refractivity contribution >= 4 is 28.8 Å². The number of amidine groups is 1. The second-order valence-electron chi connectivity index (χ2n) is 9.68. The van der Waals surface area contributed by atoms with E-state index in [9.17, 15) is 9.59 Å². The number of benzene rings is 2. The molecule has 210 valence electrons. The van der Waals surface area contributed by atoms with E-state index < -0.39 is 12.0 Å². The second kappa shape index (κ2) is 13.2. The van der Waals surface area contributed by atoms with Gasteiger partial charge >= 0.3 is 5.97 Å². The summed E-state index contributed by atoms with van der Waals surface area (Å²) in [6.45, 7) is 6.51. The first-order valence-electron chi connectivity index (χ1n) is 13.4. The number of morpholine rings is 1. The van der Waals surface area contributed by atoms with Crippen LogP contribution in [0.5, 0.6) is 5.75 Å². The van der Waals surface area contributed by atoms with Crippen LogP contribution in [0.4, 0.5) is 0 Å². The third-order valence-electron chi connectivity index (χ3n) is 7.06. The van der Waals surface area contributed by atoms with E-state index in [4.69, 9.17) is 19.2 Å². The maximum atomic E-state index is 13.6. The summed E-state index contributed by atoms with van der Waals surface area (Å²) in [6, 6.07) is 16.6. The Balaban J connectivity index is 1.36. The van der Waals surface area contributed by atoms with Crippen molar-refractivity contribution in [2.75, 3.05) is 46.5 Å². The third-order valence-corrected chi connectivity index (χ3v) is 7.95. The number of hydrogen-bond donors (Lipinski definition) is 1. The Kier molecular flexibility index (Phi) is 9.20. The van der Waals surface area contributed by atoms with Crippen LogP contribution in [0.15, 0.2) is 82.0 Å². The molecule has 0 bridgehead atoms. The smallest absolute Gasteiger partial charge is 0.338 e. The number of fused-ring (bicyclic) bond motifs is 1. The van der Waals surface area contributed by atoms with Crippen molar-refractivity contribution in [3.8, 4) is 5.75 Å². The van der Waals surface area contributed by atoms with Crippen molar-refractivity contribution in [3.05, 3.63) is 88.1 Å². The van der Waals surface area contributed by atoms with Gasteiger partial charge in [0.1, 0.15) is 12.4 Å². The summed E-state index contributed by atoms with van der Waals surface area (Å²) in [6.07, 6.45) is 0.159. The van der Waals surface area contributed by atoms with Crippen LogP contribution in [-0.4, -0.2) is 73.3 Å². The molecule has 1 N–H and O–H groups in total. The van der Waals surface area contributed by atoms with E-state index in [-0.39, 0.29) is 18.9 Å². The highest BCUT2D eigenvalue weighted by Gasteiger charge is 2.42. The van der Waals surface area contributed by atoms with E-state index in [1.54, 1.807) is 7.11 Å². The van der Waals surface area contributed by atoms with Gasteiger partial charge in [0, 0.05) is 37.4 Å². The van der Waals surface area contributed by atoms with Gasteiger partial charge in [0.05, 0.1) is 44.1 Å². The standard InChI is InChI=1S/C30H34N4O5S/c1-21-27(29(36)39-19-22-8-4-3-5-9-22)28(24-10-6-7-11-25(24)37-2)34-23(20-40-30(34)32-21)18-26(35)31-12-13-33-14-16-38-17-15-33/h3-11,20,28H,12-19H2,1-2H3,(H,31,35)/t28-/m0/s1. The number of carbonyl (C=O) groups is 2. The summed E-state index contributed by atoms with van der Waals surface area (Å²) < 4.78 is 16.9. The first kappa shape index (κ1) is 27.9. The zero-order valence-corrected chi connectivity index (χ0v) is 23.6. The maximum Gasteiger partial charge on any atom is 0.338 e. The number of hydrogen-bond acceptors (Lipinski definition) is 9. The third kappa shape index (κ3) is 6.41. The lowest BCUT2D eigenvalue weighted by Gasteiger charge is -2.36. The Labute approximate surface area is 238 Å². The molecule has 1 fully saturated rings. The monoisotopic (exact) mass is 562 g/mol. The van der Waals surface area contributed by atoms with Crippen LogP contribution >= 0.6 is 11.8 Å². The Morgan fingerprint density at radius 1 is 1.10 bits per heavy atom. The molecule has 3 aliphatic heterocycles. The zero-order valence-electron chi connectivity index (χ0n) is 22.8. The Morgan fingerprint density at radius 3 is 2.62 bits per heavy atom. The number of aliphatic imine (C=N–C) groups is 1. The molecular formula is C30H34N4O5S. The van der Waals surface area contributed by atoms with Crippen LogP contribution in [0, 0.1) is 0 Å². The molecule has 0 saturated carbocycles. The summed E-state index contributed by atoms with van der Waals surface area (Å²) >= 11 is 1.45. The van der Waals surface area contributed by atoms with Crippen molar-refractivity contribution in [2.45, 2.75) is 26.0 Å². The zero-order chi connectivity index (χ0) is 27.9. The topological polar surface area (TPSA) is 92.7 Å². The molecular weight excluding hydrogens is 528 g/mol. The van der Waals surface area contributed by atoms with Gasteiger partial charge in [0.2, 0.25) is 5.91 Å². The fourth-order valence-corrected chi connectivity index (χ4v) is 5.99. The number of amides is 1. The predicted molar refractivity (Wildman–Crippen MR) is 155 cm³/mol. The van der Waals surface area contributed by atoms with Crippen LogP contribution in [0.3, 0.4) is 0 Å². The van der Waals surface area contributed by atoms with Gasteiger partial charge in [-0.1, -0.05) is 60.3 Å². The number of rotatable bonds is 10. The average molecular weight is 563 g/mol. The van der Waals surface area contributed by atoms with Crippen molar-refractivity contribution in [3.63, 3.8) is 0 Å². The van der Waals surface area contributed by atoms with Gasteiger partial charge in [-0.15, -0.1) is 0 Å². The molecule has 0 aromatic heterocycles. The number of nitrogens with one attached hydrogen (secondary N) is 1. The molecule has 0 spiro atoms. The highest BCUT2D eigenvalue weighted by molar-refractivity contribution is 8.16. The van der Waals surface area contributed by atoms with Crippen LogP contribution in [0.1, 0.15) is 30.5 Å². The molecule has 10 heteroatoms. The summed E-state index contributed by atoms with van der Waals surface area (Å²) in [4.78, 5) is 35.7. The Morgan fingerprint density at radius 2 is 1.85 bits per heavy atom. The SMILES string of the molecule is COc1ccccc1[C@H]1C(C(=O)OCc2ccccc2)=C(C)N=C2SC=C(CC(=O)NCCN3CCOCC3)N21.